The minimum atomic E-state index is -4.68. The lowest BCUT2D eigenvalue weighted by molar-refractivity contribution is -0.274. The standard InChI is InChI=1S/C13H15BrF3NO/c14-9-6-7-11(12(8-9)19-13(15,16)17)18-10-4-2-1-3-5-10/h6-8,10,18H,1-5H2. The number of hydrogen-bond donors (Lipinski definition) is 1. The Balaban J connectivity index is 2.13. The summed E-state index contributed by atoms with van der Waals surface area (Å²) in [6.45, 7) is 0. The maximum absolute atomic E-state index is 12.4. The van der Waals surface area contributed by atoms with E-state index >= 15 is 0 Å². The van der Waals surface area contributed by atoms with E-state index < -0.39 is 6.36 Å². The van der Waals surface area contributed by atoms with Gasteiger partial charge in [0, 0.05) is 10.5 Å². The molecule has 1 aromatic carbocycles. The number of anilines is 1. The Morgan fingerprint density at radius 1 is 1.16 bits per heavy atom. The number of benzene rings is 1. The van der Waals surface area contributed by atoms with Gasteiger partial charge in [-0.1, -0.05) is 35.2 Å². The average molecular weight is 338 g/mol. The van der Waals surface area contributed by atoms with Gasteiger partial charge in [0.1, 0.15) is 0 Å². The molecule has 1 aliphatic carbocycles. The van der Waals surface area contributed by atoms with Crippen LogP contribution in [0.5, 0.6) is 5.75 Å². The maximum Gasteiger partial charge on any atom is 0.573 e. The quantitative estimate of drug-likeness (QED) is 0.829. The van der Waals surface area contributed by atoms with Gasteiger partial charge in [0.05, 0.1) is 5.69 Å². The van der Waals surface area contributed by atoms with Crippen LogP contribution in [0, 0.1) is 0 Å². The van der Waals surface area contributed by atoms with Crippen LogP contribution >= 0.6 is 15.9 Å². The summed E-state index contributed by atoms with van der Waals surface area (Å²) >= 11 is 3.15. The van der Waals surface area contributed by atoms with Gasteiger partial charge in [-0.15, -0.1) is 13.2 Å². The van der Waals surface area contributed by atoms with Crippen molar-refractivity contribution in [1.29, 1.82) is 0 Å². The van der Waals surface area contributed by atoms with Crippen molar-refractivity contribution in [2.45, 2.75) is 44.5 Å². The molecule has 2 rings (SSSR count). The first-order valence-corrected chi connectivity index (χ1v) is 7.05. The van der Waals surface area contributed by atoms with Crippen LogP contribution in [0.4, 0.5) is 18.9 Å². The highest BCUT2D eigenvalue weighted by atomic mass is 79.9. The molecule has 0 unspecified atom stereocenters. The Morgan fingerprint density at radius 2 is 1.84 bits per heavy atom. The topological polar surface area (TPSA) is 21.3 Å². The molecule has 0 aliphatic heterocycles. The van der Waals surface area contributed by atoms with Crippen molar-refractivity contribution in [2.75, 3.05) is 5.32 Å². The molecule has 0 radical (unpaired) electrons. The van der Waals surface area contributed by atoms with Crippen LogP contribution in [0.1, 0.15) is 32.1 Å². The lowest BCUT2D eigenvalue weighted by Gasteiger charge is -2.25. The predicted molar refractivity (Wildman–Crippen MR) is 71.3 cm³/mol. The van der Waals surface area contributed by atoms with Gasteiger partial charge in [0.25, 0.3) is 0 Å². The molecule has 0 spiro atoms. The highest BCUT2D eigenvalue weighted by Crippen LogP contribution is 2.34. The maximum atomic E-state index is 12.4. The summed E-state index contributed by atoms with van der Waals surface area (Å²) < 4.78 is 41.7. The van der Waals surface area contributed by atoms with Gasteiger partial charge in [-0.2, -0.15) is 0 Å². The third kappa shape index (κ3) is 4.60. The van der Waals surface area contributed by atoms with Crippen LogP contribution in [-0.2, 0) is 0 Å². The molecule has 0 bridgehead atoms. The number of halogens is 4. The third-order valence-corrected chi connectivity index (χ3v) is 3.63. The van der Waals surface area contributed by atoms with Crippen molar-refractivity contribution in [3.8, 4) is 5.75 Å². The molecule has 0 atom stereocenters. The lowest BCUT2D eigenvalue weighted by atomic mass is 9.95. The Hall–Kier alpha value is -0.910. The number of alkyl halides is 3. The van der Waals surface area contributed by atoms with E-state index in [0.717, 1.165) is 25.7 Å². The summed E-state index contributed by atoms with van der Waals surface area (Å²) in [5, 5.41) is 3.15. The Labute approximate surface area is 118 Å². The van der Waals surface area contributed by atoms with Gasteiger partial charge in [-0.3, -0.25) is 0 Å². The van der Waals surface area contributed by atoms with Crippen LogP contribution in [0.25, 0.3) is 0 Å². The van der Waals surface area contributed by atoms with Crippen LogP contribution in [-0.4, -0.2) is 12.4 Å². The molecule has 1 N–H and O–H groups in total. The second-order valence-corrected chi connectivity index (χ2v) is 5.58. The number of rotatable bonds is 3. The smallest absolute Gasteiger partial charge is 0.404 e. The van der Waals surface area contributed by atoms with E-state index in [0.29, 0.717) is 10.2 Å². The zero-order chi connectivity index (χ0) is 13.9. The minimum absolute atomic E-state index is 0.188. The fraction of sp³-hybridized carbons (Fsp3) is 0.538. The molecule has 0 amide bonds. The van der Waals surface area contributed by atoms with E-state index in [-0.39, 0.29) is 11.8 Å². The molecule has 0 heterocycles. The monoisotopic (exact) mass is 337 g/mol. The summed E-state index contributed by atoms with van der Waals surface area (Å²) in [7, 11) is 0. The van der Waals surface area contributed by atoms with Gasteiger partial charge < -0.3 is 10.1 Å². The number of nitrogens with one attached hydrogen (secondary N) is 1. The molecule has 19 heavy (non-hydrogen) atoms. The van der Waals surface area contributed by atoms with Crippen molar-refractivity contribution >= 4 is 21.6 Å². The second kappa shape index (κ2) is 6.03. The predicted octanol–water partition coefficient (Wildman–Crippen LogP) is 5.09. The molecule has 1 aromatic rings. The molecule has 106 valence electrons. The third-order valence-electron chi connectivity index (χ3n) is 3.13. The van der Waals surface area contributed by atoms with E-state index in [4.69, 9.17) is 0 Å². The normalized spacial score (nSPS) is 17.3. The summed E-state index contributed by atoms with van der Waals surface area (Å²) in [4.78, 5) is 0. The van der Waals surface area contributed by atoms with E-state index in [1.54, 1.807) is 12.1 Å². The van der Waals surface area contributed by atoms with Crippen LogP contribution < -0.4 is 10.1 Å². The SMILES string of the molecule is FC(F)(F)Oc1cc(Br)ccc1NC1CCCCC1. The number of ether oxygens (including phenoxy) is 1. The highest BCUT2D eigenvalue weighted by Gasteiger charge is 2.32. The van der Waals surface area contributed by atoms with Crippen LogP contribution in [0.2, 0.25) is 0 Å². The lowest BCUT2D eigenvalue weighted by Crippen LogP contribution is -2.24. The molecule has 1 saturated carbocycles. The Kier molecular flexibility index (Phi) is 4.60. The summed E-state index contributed by atoms with van der Waals surface area (Å²) in [6.07, 6.45) is 0.727. The Morgan fingerprint density at radius 3 is 2.47 bits per heavy atom. The molecular formula is C13H15BrF3NO. The Bertz CT molecular complexity index is 430. The second-order valence-electron chi connectivity index (χ2n) is 4.67. The summed E-state index contributed by atoms with van der Waals surface area (Å²) in [6, 6.07) is 4.87. The average Bonchev–Trinajstić information content (AvgIpc) is 2.32. The van der Waals surface area contributed by atoms with E-state index in [1.807, 2.05) is 0 Å². The zero-order valence-electron chi connectivity index (χ0n) is 10.3. The largest absolute Gasteiger partial charge is 0.573 e. The first-order chi connectivity index (χ1) is 8.94. The fourth-order valence-electron chi connectivity index (χ4n) is 2.29. The number of hydrogen-bond acceptors (Lipinski definition) is 2. The van der Waals surface area contributed by atoms with E-state index in [1.165, 1.54) is 12.5 Å². The van der Waals surface area contributed by atoms with Gasteiger partial charge >= 0.3 is 6.36 Å². The van der Waals surface area contributed by atoms with Crippen molar-refractivity contribution in [1.82, 2.24) is 0 Å². The van der Waals surface area contributed by atoms with Crippen molar-refractivity contribution < 1.29 is 17.9 Å². The minimum Gasteiger partial charge on any atom is -0.404 e. The highest BCUT2D eigenvalue weighted by molar-refractivity contribution is 9.10. The molecule has 2 nitrogen and oxygen atoms in total. The first-order valence-electron chi connectivity index (χ1n) is 6.26. The van der Waals surface area contributed by atoms with Crippen molar-refractivity contribution in [3.05, 3.63) is 22.7 Å². The summed E-state index contributed by atoms with van der Waals surface area (Å²) in [5.74, 6) is -0.188. The van der Waals surface area contributed by atoms with E-state index in [9.17, 15) is 13.2 Å². The van der Waals surface area contributed by atoms with Gasteiger partial charge in [-0.05, 0) is 31.0 Å². The molecule has 1 fully saturated rings. The fourth-order valence-corrected chi connectivity index (χ4v) is 2.63. The molecule has 0 aromatic heterocycles. The van der Waals surface area contributed by atoms with Gasteiger partial charge in [0.15, 0.2) is 5.75 Å². The van der Waals surface area contributed by atoms with Gasteiger partial charge in [0.2, 0.25) is 0 Å². The van der Waals surface area contributed by atoms with Crippen molar-refractivity contribution in [2.24, 2.45) is 0 Å². The van der Waals surface area contributed by atoms with Crippen molar-refractivity contribution in [3.63, 3.8) is 0 Å². The van der Waals surface area contributed by atoms with Gasteiger partial charge in [-0.25, -0.2) is 0 Å². The molecular weight excluding hydrogens is 323 g/mol. The molecule has 6 heteroatoms. The molecule has 0 saturated heterocycles. The zero-order valence-corrected chi connectivity index (χ0v) is 11.9. The van der Waals surface area contributed by atoms with Crippen LogP contribution in [0.3, 0.4) is 0 Å². The summed E-state index contributed by atoms with van der Waals surface area (Å²) in [5.41, 5.74) is 0.396. The van der Waals surface area contributed by atoms with E-state index in [2.05, 4.69) is 26.0 Å². The first kappa shape index (κ1) is 14.5. The molecule has 1 aliphatic rings. The van der Waals surface area contributed by atoms with Crippen LogP contribution in [0.15, 0.2) is 22.7 Å².